The first-order valence-electron chi connectivity index (χ1n) is 6.76. The Morgan fingerprint density at radius 3 is 2.75 bits per heavy atom. The number of likely N-dealkylation sites (N-methyl/N-ethyl adjacent to an activating group) is 1. The lowest BCUT2D eigenvalue weighted by Crippen LogP contribution is -2.21. The van der Waals surface area contributed by atoms with Gasteiger partial charge < -0.3 is 19.7 Å². The van der Waals surface area contributed by atoms with Crippen LogP contribution in [0.25, 0.3) is 0 Å². The summed E-state index contributed by atoms with van der Waals surface area (Å²) in [7, 11) is 3.99. The highest BCUT2D eigenvalue weighted by Gasteiger charge is 2.05. The van der Waals surface area contributed by atoms with Gasteiger partial charge in [-0.1, -0.05) is 6.07 Å². The van der Waals surface area contributed by atoms with E-state index in [1.807, 2.05) is 52.2 Å². The van der Waals surface area contributed by atoms with Crippen LogP contribution in [0.2, 0.25) is 0 Å². The summed E-state index contributed by atoms with van der Waals surface area (Å²) in [5, 5.41) is 2.78. The summed E-state index contributed by atoms with van der Waals surface area (Å²) in [5.41, 5.74) is 0.713. The minimum Gasteiger partial charge on any atom is -0.492 e. The van der Waals surface area contributed by atoms with E-state index in [0.717, 1.165) is 12.3 Å². The van der Waals surface area contributed by atoms with E-state index in [-0.39, 0.29) is 18.6 Å². The molecule has 0 bridgehead atoms. The lowest BCUT2D eigenvalue weighted by Gasteiger charge is -2.12. The maximum atomic E-state index is 11.6. The molecule has 0 aliphatic carbocycles. The number of carbonyl (C=O) groups excluding carboxylic acids is 1. The van der Waals surface area contributed by atoms with Gasteiger partial charge in [0, 0.05) is 18.3 Å². The minimum absolute atomic E-state index is 0.0430. The molecule has 1 N–H and O–H groups in total. The van der Waals surface area contributed by atoms with Gasteiger partial charge in [-0.3, -0.25) is 4.79 Å². The molecule has 0 aliphatic heterocycles. The Balaban J connectivity index is 2.44. The van der Waals surface area contributed by atoms with Crippen molar-refractivity contribution < 1.29 is 14.3 Å². The first-order chi connectivity index (χ1) is 9.47. The fourth-order valence-electron chi connectivity index (χ4n) is 1.45. The Hall–Kier alpha value is -1.59. The van der Waals surface area contributed by atoms with Crippen LogP contribution in [0.5, 0.6) is 5.75 Å². The van der Waals surface area contributed by atoms with Crippen molar-refractivity contribution in [2.24, 2.45) is 0 Å². The fourth-order valence-corrected chi connectivity index (χ4v) is 1.45. The zero-order chi connectivity index (χ0) is 15.0. The second-order valence-electron chi connectivity index (χ2n) is 5.09. The summed E-state index contributed by atoms with van der Waals surface area (Å²) >= 11 is 0. The first kappa shape index (κ1) is 16.5. The summed E-state index contributed by atoms with van der Waals surface area (Å²) in [5.74, 6) is 0.582. The first-order valence-corrected chi connectivity index (χ1v) is 6.76. The van der Waals surface area contributed by atoms with Gasteiger partial charge >= 0.3 is 0 Å². The van der Waals surface area contributed by atoms with E-state index in [0.29, 0.717) is 12.3 Å². The predicted molar refractivity (Wildman–Crippen MR) is 80.2 cm³/mol. The van der Waals surface area contributed by atoms with Gasteiger partial charge in [-0.2, -0.15) is 0 Å². The van der Waals surface area contributed by atoms with Crippen molar-refractivity contribution >= 4 is 11.6 Å². The predicted octanol–water partition coefficient (Wildman–Crippen LogP) is 1.99. The highest BCUT2D eigenvalue weighted by molar-refractivity contribution is 5.91. The number of nitrogens with one attached hydrogen (secondary N) is 1. The summed E-state index contributed by atoms with van der Waals surface area (Å²) in [6.45, 7) is 5.31. The standard InChI is InChI=1S/C15H24N2O3/c1-12(2)20-11-15(18)16-13-6-5-7-14(10-13)19-9-8-17(3)4/h5-7,10,12H,8-9,11H2,1-4H3,(H,16,18). The Morgan fingerprint density at radius 2 is 2.10 bits per heavy atom. The van der Waals surface area contributed by atoms with Crippen molar-refractivity contribution in [1.82, 2.24) is 4.90 Å². The van der Waals surface area contributed by atoms with Crippen LogP contribution >= 0.6 is 0 Å². The normalized spacial score (nSPS) is 10.9. The van der Waals surface area contributed by atoms with Gasteiger partial charge in [0.15, 0.2) is 0 Å². The molecule has 0 aliphatic rings. The Labute approximate surface area is 120 Å². The summed E-state index contributed by atoms with van der Waals surface area (Å²) < 4.78 is 10.9. The molecule has 0 radical (unpaired) electrons. The molecule has 0 fully saturated rings. The molecular weight excluding hydrogens is 256 g/mol. The lowest BCUT2D eigenvalue weighted by molar-refractivity contribution is -0.121. The number of amides is 1. The summed E-state index contributed by atoms with van der Waals surface area (Å²) in [6.07, 6.45) is 0.0430. The maximum absolute atomic E-state index is 11.6. The van der Waals surface area contributed by atoms with Crippen molar-refractivity contribution in [3.63, 3.8) is 0 Å². The molecule has 0 aromatic heterocycles. The average molecular weight is 280 g/mol. The van der Waals surface area contributed by atoms with Crippen LogP contribution in [0.4, 0.5) is 5.69 Å². The van der Waals surface area contributed by atoms with E-state index in [1.54, 1.807) is 0 Å². The zero-order valence-electron chi connectivity index (χ0n) is 12.7. The van der Waals surface area contributed by atoms with E-state index in [9.17, 15) is 4.79 Å². The molecule has 5 heteroatoms. The van der Waals surface area contributed by atoms with Gasteiger partial charge in [0.2, 0.25) is 5.91 Å². The van der Waals surface area contributed by atoms with Gasteiger partial charge in [-0.25, -0.2) is 0 Å². The molecule has 0 saturated carbocycles. The van der Waals surface area contributed by atoms with E-state index in [4.69, 9.17) is 9.47 Å². The van der Waals surface area contributed by atoms with Gasteiger partial charge in [0.25, 0.3) is 0 Å². The quantitative estimate of drug-likeness (QED) is 0.791. The monoisotopic (exact) mass is 280 g/mol. The Morgan fingerprint density at radius 1 is 1.35 bits per heavy atom. The molecule has 5 nitrogen and oxygen atoms in total. The Kier molecular flexibility index (Phi) is 7.04. The third kappa shape index (κ3) is 7.11. The van der Waals surface area contributed by atoms with Crippen LogP contribution < -0.4 is 10.1 Å². The van der Waals surface area contributed by atoms with Crippen LogP contribution in [0.3, 0.4) is 0 Å². The van der Waals surface area contributed by atoms with Crippen molar-refractivity contribution in [2.45, 2.75) is 20.0 Å². The van der Waals surface area contributed by atoms with Gasteiger partial charge in [-0.05, 0) is 40.1 Å². The van der Waals surface area contributed by atoms with E-state index < -0.39 is 0 Å². The fraction of sp³-hybridized carbons (Fsp3) is 0.533. The second kappa shape index (κ2) is 8.55. The third-order valence-corrected chi connectivity index (χ3v) is 2.47. The number of nitrogens with zero attached hydrogens (tertiary/aromatic N) is 1. The van der Waals surface area contributed by atoms with Crippen LogP contribution in [0.15, 0.2) is 24.3 Å². The topological polar surface area (TPSA) is 50.8 Å². The molecule has 0 unspecified atom stereocenters. The van der Waals surface area contributed by atoms with E-state index in [1.165, 1.54) is 0 Å². The molecule has 1 rings (SSSR count). The Bertz CT molecular complexity index is 419. The van der Waals surface area contributed by atoms with E-state index in [2.05, 4.69) is 10.2 Å². The van der Waals surface area contributed by atoms with Crippen molar-refractivity contribution in [3.8, 4) is 5.75 Å². The van der Waals surface area contributed by atoms with Crippen LogP contribution in [-0.4, -0.2) is 50.8 Å². The average Bonchev–Trinajstić information content (AvgIpc) is 2.36. The van der Waals surface area contributed by atoms with Crippen molar-refractivity contribution in [1.29, 1.82) is 0 Å². The zero-order valence-corrected chi connectivity index (χ0v) is 12.7. The van der Waals surface area contributed by atoms with Gasteiger partial charge in [0.05, 0.1) is 6.10 Å². The van der Waals surface area contributed by atoms with Crippen LogP contribution in [0, 0.1) is 0 Å². The number of carbonyl (C=O) groups is 1. The smallest absolute Gasteiger partial charge is 0.250 e. The minimum atomic E-state index is -0.163. The number of rotatable bonds is 8. The highest BCUT2D eigenvalue weighted by Crippen LogP contribution is 2.17. The molecule has 20 heavy (non-hydrogen) atoms. The molecule has 112 valence electrons. The maximum Gasteiger partial charge on any atom is 0.250 e. The molecule has 0 atom stereocenters. The second-order valence-corrected chi connectivity index (χ2v) is 5.09. The number of ether oxygens (including phenoxy) is 2. The molecule has 1 aromatic rings. The molecule has 1 aromatic carbocycles. The van der Waals surface area contributed by atoms with Crippen molar-refractivity contribution in [3.05, 3.63) is 24.3 Å². The lowest BCUT2D eigenvalue weighted by atomic mass is 10.3. The van der Waals surface area contributed by atoms with Gasteiger partial charge in [0.1, 0.15) is 19.0 Å². The summed E-state index contributed by atoms with van der Waals surface area (Å²) in [6, 6.07) is 7.36. The number of hydrogen-bond acceptors (Lipinski definition) is 4. The highest BCUT2D eigenvalue weighted by atomic mass is 16.5. The van der Waals surface area contributed by atoms with Gasteiger partial charge in [-0.15, -0.1) is 0 Å². The largest absolute Gasteiger partial charge is 0.492 e. The number of anilines is 1. The molecule has 0 heterocycles. The SMILES string of the molecule is CC(C)OCC(=O)Nc1cccc(OCCN(C)C)c1. The third-order valence-electron chi connectivity index (χ3n) is 2.47. The van der Waals surface area contributed by atoms with Crippen molar-refractivity contribution in [2.75, 3.05) is 39.2 Å². The molecule has 1 amide bonds. The van der Waals surface area contributed by atoms with Crippen LogP contribution in [-0.2, 0) is 9.53 Å². The number of benzene rings is 1. The van der Waals surface area contributed by atoms with Crippen LogP contribution in [0.1, 0.15) is 13.8 Å². The summed E-state index contributed by atoms with van der Waals surface area (Å²) in [4.78, 5) is 13.7. The number of hydrogen-bond donors (Lipinski definition) is 1. The molecular formula is C15H24N2O3. The molecule has 0 saturated heterocycles. The molecule has 0 spiro atoms. The van der Waals surface area contributed by atoms with E-state index >= 15 is 0 Å².